The molecule has 0 aromatic heterocycles. The van der Waals surface area contributed by atoms with Gasteiger partial charge in [-0.1, -0.05) is 0 Å². The van der Waals surface area contributed by atoms with Gasteiger partial charge in [0.15, 0.2) is 0 Å². The van der Waals surface area contributed by atoms with Gasteiger partial charge in [-0.2, -0.15) is 0 Å². The predicted octanol–water partition coefficient (Wildman–Crippen LogP) is 1.39. The SMILES string of the molecule is CC(C)=O.CC(C)N(C)C.CNC. The third-order valence-corrected chi connectivity index (χ3v) is 1.03. The molecule has 0 amide bonds. The van der Waals surface area contributed by atoms with Gasteiger partial charge in [-0.05, 0) is 55.9 Å². The first-order valence-corrected chi connectivity index (χ1v) is 4.51. The fourth-order valence-corrected chi connectivity index (χ4v) is 0. The van der Waals surface area contributed by atoms with Crippen molar-refractivity contribution in [1.29, 1.82) is 0 Å². The van der Waals surface area contributed by atoms with Gasteiger partial charge in [-0.3, -0.25) is 0 Å². The third kappa shape index (κ3) is 82.7. The van der Waals surface area contributed by atoms with E-state index in [1.54, 1.807) is 0 Å². The Labute approximate surface area is 83.5 Å². The molecule has 0 radical (unpaired) electrons. The van der Waals surface area contributed by atoms with E-state index in [-0.39, 0.29) is 5.78 Å². The molecule has 0 bridgehead atoms. The molecule has 0 aromatic carbocycles. The largest absolute Gasteiger partial charge is 0.323 e. The van der Waals surface area contributed by atoms with Crippen LogP contribution in [0.2, 0.25) is 0 Å². The van der Waals surface area contributed by atoms with Crippen LogP contribution in [0.1, 0.15) is 27.7 Å². The monoisotopic (exact) mass is 190 g/mol. The standard InChI is InChI=1S/C5H13N.C3H6O.C2H7N/c1-5(2)6(3)4;1-3(2)4;1-3-2/h5H,1-4H3;1-2H3;3H,1-2H3. The minimum Gasteiger partial charge on any atom is -0.323 e. The molecule has 3 heteroatoms. The normalized spacial score (nSPS) is 8.46. The average Bonchev–Trinajstić information content (AvgIpc) is 1.87. The Morgan fingerprint density at radius 1 is 1.15 bits per heavy atom. The van der Waals surface area contributed by atoms with E-state index in [2.05, 4.69) is 38.2 Å². The molecule has 3 nitrogen and oxygen atoms in total. The molecule has 0 atom stereocenters. The van der Waals surface area contributed by atoms with Gasteiger partial charge in [0.25, 0.3) is 0 Å². The van der Waals surface area contributed by atoms with Gasteiger partial charge in [0.05, 0.1) is 0 Å². The van der Waals surface area contributed by atoms with E-state index in [0.29, 0.717) is 6.04 Å². The van der Waals surface area contributed by atoms with E-state index in [4.69, 9.17) is 0 Å². The van der Waals surface area contributed by atoms with Crippen molar-refractivity contribution in [3.05, 3.63) is 0 Å². The van der Waals surface area contributed by atoms with Crippen LogP contribution in [-0.2, 0) is 4.79 Å². The molecule has 0 saturated heterocycles. The molecule has 1 N–H and O–H groups in total. The number of carbonyl (C=O) groups is 1. The lowest BCUT2D eigenvalue weighted by Crippen LogP contribution is -2.20. The summed E-state index contributed by atoms with van der Waals surface area (Å²) in [7, 11) is 7.90. The Hall–Kier alpha value is -0.410. The Kier molecular flexibility index (Phi) is 20.0. The first kappa shape index (κ1) is 18.4. The highest BCUT2D eigenvalue weighted by Crippen LogP contribution is 1.84. The molecule has 0 spiro atoms. The van der Waals surface area contributed by atoms with Crippen LogP contribution in [0.3, 0.4) is 0 Å². The van der Waals surface area contributed by atoms with Crippen molar-refractivity contribution < 1.29 is 4.79 Å². The number of hydrogen-bond donors (Lipinski definition) is 1. The highest BCUT2D eigenvalue weighted by Gasteiger charge is 1.90. The van der Waals surface area contributed by atoms with Gasteiger partial charge >= 0.3 is 0 Å². The number of nitrogens with one attached hydrogen (secondary N) is 1. The number of Topliss-reactive ketones (excluding diaryl/α,β-unsaturated/α-hetero) is 1. The number of ketones is 1. The van der Waals surface area contributed by atoms with E-state index in [0.717, 1.165) is 0 Å². The van der Waals surface area contributed by atoms with Gasteiger partial charge in [0.1, 0.15) is 5.78 Å². The molecule has 0 heterocycles. The lowest BCUT2D eigenvalue weighted by Gasteiger charge is -2.12. The van der Waals surface area contributed by atoms with Crippen LogP contribution in [0.15, 0.2) is 0 Å². The van der Waals surface area contributed by atoms with Crippen molar-refractivity contribution in [3.63, 3.8) is 0 Å². The fraction of sp³-hybridized carbons (Fsp3) is 0.900. The molecular formula is C10H26N2O. The summed E-state index contributed by atoms with van der Waals surface area (Å²) >= 11 is 0. The number of nitrogens with zero attached hydrogens (tertiary/aromatic N) is 1. The maximum atomic E-state index is 9.44. The summed E-state index contributed by atoms with van der Waals surface area (Å²) in [6.07, 6.45) is 0. The van der Waals surface area contributed by atoms with Crippen molar-refractivity contribution in [2.24, 2.45) is 0 Å². The molecule has 0 saturated carbocycles. The van der Waals surface area contributed by atoms with Gasteiger partial charge in [-0.15, -0.1) is 0 Å². The molecular weight excluding hydrogens is 164 g/mol. The second-order valence-electron chi connectivity index (χ2n) is 3.47. The number of carbonyl (C=O) groups excluding carboxylic acids is 1. The molecule has 0 rings (SSSR count). The van der Waals surface area contributed by atoms with E-state index in [9.17, 15) is 4.79 Å². The molecule has 0 aliphatic heterocycles. The van der Waals surface area contributed by atoms with Crippen molar-refractivity contribution in [1.82, 2.24) is 10.2 Å². The quantitative estimate of drug-likeness (QED) is 0.678. The summed E-state index contributed by atoms with van der Waals surface area (Å²) in [4.78, 5) is 11.6. The zero-order valence-electron chi connectivity index (χ0n) is 10.4. The summed E-state index contributed by atoms with van der Waals surface area (Å²) in [6, 6.07) is 0.685. The summed E-state index contributed by atoms with van der Waals surface area (Å²) in [5.74, 6) is 0.167. The van der Waals surface area contributed by atoms with Crippen LogP contribution in [-0.4, -0.2) is 44.9 Å². The van der Waals surface area contributed by atoms with Crippen LogP contribution >= 0.6 is 0 Å². The molecule has 82 valence electrons. The minimum atomic E-state index is 0.167. The lowest BCUT2D eigenvalue weighted by molar-refractivity contribution is -0.114. The topological polar surface area (TPSA) is 32.3 Å². The highest BCUT2D eigenvalue weighted by atomic mass is 16.1. The molecule has 0 aromatic rings. The van der Waals surface area contributed by atoms with E-state index < -0.39 is 0 Å². The smallest absolute Gasteiger partial charge is 0.126 e. The highest BCUT2D eigenvalue weighted by molar-refractivity contribution is 5.72. The third-order valence-electron chi connectivity index (χ3n) is 1.03. The van der Waals surface area contributed by atoms with Crippen molar-refractivity contribution in [3.8, 4) is 0 Å². The zero-order valence-corrected chi connectivity index (χ0v) is 10.4. The second-order valence-corrected chi connectivity index (χ2v) is 3.47. The molecule has 0 aliphatic rings. The Balaban J connectivity index is -0.000000125. The maximum absolute atomic E-state index is 9.44. The first-order chi connectivity index (χ1) is 5.79. The van der Waals surface area contributed by atoms with Crippen LogP contribution in [0, 0.1) is 0 Å². The summed E-state index contributed by atoms with van der Waals surface area (Å²) in [5.41, 5.74) is 0. The van der Waals surface area contributed by atoms with Gasteiger partial charge in [0.2, 0.25) is 0 Å². The molecule has 0 fully saturated rings. The molecule has 0 unspecified atom stereocenters. The lowest BCUT2D eigenvalue weighted by atomic mass is 10.4. The van der Waals surface area contributed by atoms with E-state index in [1.807, 2.05) is 14.1 Å². The number of rotatable bonds is 1. The maximum Gasteiger partial charge on any atom is 0.126 e. The molecule has 13 heavy (non-hydrogen) atoms. The average molecular weight is 190 g/mol. The second kappa shape index (κ2) is 14.1. The van der Waals surface area contributed by atoms with Gasteiger partial charge < -0.3 is 15.0 Å². The Morgan fingerprint density at radius 3 is 1.23 bits per heavy atom. The minimum absolute atomic E-state index is 0.167. The summed E-state index contributed by atoms with van der Waals surface area (Å²) in [6.45, 7) is 7.39. The van der Waals surface area contributed by atoms with Crippen molar-refractivity contribution >= 4 is 5.78 Å². The van der Waals surface area contributed by atoms with Gasteiger partial charge in [0, 0.05) is 6.04 Å². The van der Waals surface area contributed by atoms with Gasteiger partial charge in [-0.25, -0.2) is 0 Å². The van der Waals surface area contributed by atoms with Crippen LogP contribution in [0.5, 0.6) is 0 Å². The van der Waals surface area contributed by atoms with Crippen molar-refractivity contribution in [2.75, 3.05) is 28.2 Å². The Bertz CT molecular complexity index is 91.1. The number of hydrogen-bond acceptors (Lipinski definition) is 3. The summed E-state index contributed by atoms with van der Waals surface area (Å²) < 4.78 is 0. The summed E-state index contributed by atoms with van der Waals surface area (Å²) in [5, 5.41) is 2.75. The van der Waals surface area contributed by atoms with E-state index >= 15 is 0 Å². The Morgan fingerprint density at radius 2 is 1.23 bits per heavy atom. The fourth-order valence-electron chi connectivity index (χ4n) is 0. The van der Waals surface area contributed by atoms with Crippen molar-refractivity contribution in [2.45, 2.75) is 33.7 Å². The van der Waals surface area contributed by atoms with E-state index in [1.165, 1.54) is 13.8 Å². The zero-order chi connectivity index (χ0) is 11.4. The van der Waals surface area contributed by atoms with Crippen LogP contribution in [0.4, 0.5) is 0 Å². The molecule has 0 aliphatic carbocycles. The first-order valence-electron chi connectivity index (χ1n) is 4.51. The van der Waals surface area contributed by atoms with Crippen LogP contribution < -0.4 is 5.32 Å². The predicted molar refractivity (Wildman–Crippen MR) is 60.2 cm³/mol. The van der Waals surface area contributed by atoms with Crippen LogP contribution in [0.25, 0.3) is 0 Å².